The molecule has 4 rings (SSSR count). The van der Waals surface area contributed by atoms with Crippen molar-refractivity contribution in [3.8, 4) is 16.8 Å². The van der Waals surface area contributed by atoms with E-state index >= 15 is 4.39 Å². The molecule has 0 bridgehead atoms. The highest BCUT2D eigenvalue weighted by atomic mass is 19.4. The number of nitrogens with two attached hydrogens (primary N) is 1. The first-order valence-electron chi connectivity index (χ1n) is 11.2. The van der Waals surface area contributed by atoms with Gasteiger partial charge in [-0.05, 0) is 60.4 Å². The minimum absolute atomic E-state index is 0.0424. The molecule has 9 nitrogen and oxygen atoms in total. The summed E-state index contributed by atoms with van der Waals surface area (Å²) in [5.41, 5.74) is 4.95. The van der Waals surface area contributed by atoms with Crippen molar-refractivity contribution in [1.82, 2.24) is 14.3 Å². The van der Waals surface area contributed by atoms with Gasteiger partial charge in [0.25, 0.3) is 12.0 Å². The van der Waals surface area contributed by atoms with Crippen LogP contribution in [0.5, 0.6) is 0 Å². The number of amides is 1. The van der Waals surface area contributed by atoms with Gasteiger partial charge in [0, 0.05) is 24.1 Å². The van der Waals surface area contributed by atoms with E-state index in [2.05, 4.69) is 9.94 Å². The number of carbonyl (C=O) groups excluding carboxylic acids is 2. The molecule has 0 aliphatic carbocycles. The molecule has 1 aliphatic rings. The molecular weight excluding hydrogens is 536 g/mol. The van der Waals surface area contributed by atoms with Gasteiger partial charge in [-0.15, -0.1) is 5.06 Å². The topological polar surface area (TPSA) is 112 Å². The summed E-state index contributed by atoms with van der Waals surface area (Å²) in [4.78, 5) is 40.5. The number of carbonyl (C=O) groups is 2. The fourth-order valence-electron chi connectivity index (χ4n) is 4.08. The van der Waals surface area contributed by atoms with E-state index in [4.69, 9.17) is 5.73 Å². The monoisotopic (exact) mass is 555 g/mol. The van der Waals surface area contributed by atoms with Crippen molar-refractivity contribution >= 4 is 17.6 Å². The van der Waals surface area contributed by atoms with Gasteiger partial charge in [-0.1, -0.05) is 0 Å². The quantitative estimate of drug-likeness (QED) is 0.466. The Balaban J connectivity index is 1.66. The number of aryl methyl sites for hydroxylation is 2. The fraction of sp³-hybridized carbons (Fsp3) is 0.250. The van der Waals surface area contributed by atoms with Crippen LogP contribution in [0.25, 0.3) is 16.8 Å². The predicted octanol–water partition coefficient (Wildman–Crippen LogP) is 3.56. The van der Waals surface area contributed by atoms with Gasteiger partial charge in [0.15, 0.2) is 0 Å². The summed E-state index contributed by atoms with van der Waals surface area (Å²) in [6.07, 6.45) is -6.45. The Hall–Kier alpha value is -4.40. The van der Waals surface area contributed by atoms with Crippen LogP contribution >= 0.6 is 0 Å². The SMILES string of the molecule is Cc1cc(-c2ccc(-n3cnn(CC(CN)=C(F)F)c3=O)cc2F)cc2c1N(OC(=O)C(F)(F)F)C(=O)CC2. The summed E-state index contributed by atoms with van der Waals surface area (Å²) in [5.74, 6) is -4.19. The van der Waals surface area contributed by atoms with E-state index in [1.165, 1.54) is 31.2 Å². The Morgan fingerprint density at radius 3 is 2.46 bits per heavy atom. The van der Waals surface area contributed by atoms with E-state index < -0.39 is 54.3 Å². The van der Waals surface area contributed by atoms with Gasteiger partial charge < -0.3 is 10.6 Å². The molecule has 0 saturated carbocycles. The van der Waals surface area contributed by atoms with Gasteiger partial charge in [-0.25, -0.2) is 23.2 Å². The maximum Gasteiger partial charge on any atom is 0.493 e. The van der Waals surface area contributed by atoms with Crippen molar-refractivity contribution in [3.63, 3.8) is 0 Å². The highest BCUT2D eigenvalue weighted by Gasteiger charge is 2.44. The molecule has 0 unspecified atom stereocenters. The largest absolute Gasteiger partial charge is 0.493 e. The van der Waals surface area contributed by atoms with E-state index in [0.717, 1.165) is 21.6 Å². The van der Waals surface area contributed by atoms with Crippen molar-refractivity contribution < 1.29 is 40.8 Å². The minimum Gasteiger partial charge on any atom is -0.327 e. The number of hydrogen-bond donors (Lipinski definition) is 1. The van der Waals surface area contributed by atoms with Crippen LogP contribution in [-0.4, -0.2) is 38.9 Å². The van der Waals surface area contributed by atoms with E-state index in [1.807, 2.05) is 0 Å². The molecule has 2 aromatic carbocycles. The summed E-state index contributed by atoms with van der Waals surface area (Å²) >= 11 is 0. The smallest absolute Gasteiger partial charge is 0.327 e. The number of anilines is 1. The Labute approximate surface area is 215 Å². The molecule has 1 aliphatic heterocycles. The number of halogens is 6. The van der Waals surface area contributed by atoms with Crippen LogP contribution in [0.15, 0.2) is 53.1 Å². The highest BCUT2D eigenvalue weighted by Crippen LogP contribution is 2.37. The number of fused-ring (bicyclic) bond motifs is 1. The summed E-state index contributed by atoms with van der Waals surface area (Å²) in [7, 11) is 0. The zero-order chi connectivity index (χ0) is 28.6. The molecule has 2 N–H and O–H groups in total. The number of hydroxylamine groups is 1. The van der Waals surface area contributed by atoms with Crippen molar-refractivity contribution in [3.05, 3.63) is 75.7 Å². The van der Waals surface area contributed by atoms with Crippen LogP contribution in [0.3, 0.4) is 0 Å². The molecule has 0 radical (unpaired) electrons. The molecule has 0 saturated heterocycles. The lowest BCUT2D eigenvalue weighted by molar-refractivity contribution is -0.201. The fourth-order valence-corrected chi connectivity index (χ4v) is 4.08. The molecule has 0 fully saturated rings. The summed E-state index contributed by atoms with van der Waals surface area (Å²) in [6.45, 7) is 0.430. The van der Waals surface area contributed by atoms with Crippen molar-refractivity contribution in [1.29, 1.82) is 0 Å². The van der Waals surface area contributed by atoms with Crippen LogP contribution in [0.1, 0.15) is 17.5 Å². The third-order valence-corrected chi connectivity index (χ3v) is 5.95. The molecule has 0 atom stereocenters. The average molecular weight is 555 g/mol. The van der Waals surface area contributed by atoms with Crippen LogP contribution in [0, 0.1) is 12.7 Å². The summed E-state index contributed by atoms with van der Waals surface area (Å²) in [6, 6.07) is 6.61. The number of benzene rings is 2. The summed E-state index contributed by atoms with van der Waals surface area (Å²) < 4.78 is 80.8. The van der Waals surface area contributed by atoms with Crippen molar-refractivity contribution in [2.24, 2.45) is 5.73 Å². The van der Waals surface area contributed by atoms with Crippen LogP contribution in [0.2, 0.25) is 0 Å². The first kappa shape index (κ1) is 27.6. The lowest BCUT2D eigenvalue weighted by Gasteiger charge is -2.29. The standard InChI is InChI=1S/C24H19F6N5O4/c1-12-6-14(7-13-2-5-19(36)35(20(12)13)39-22(37)24(28,29)30)17-4-3-16(8-18(17)25)33-11-32-34(23(33)38)10-15(9-31)21(26)27/h3-4,6-8,11H,2,5,9-10,31H2,1H3. The number of hydrogen-bond acceptors (Lipinski definition) is 6. The van der Waals surface area contributed by atoms with Gasteiger partial charge in [0.2, 0.25) is 0 Å². The predicted molar refractivity (Wildman–Crippen MR) is 124 cm³/mol. The second-order valence-corrected chi connectivity index (χ2v) is 8.54. The molecule has 2 heterocycles. The van der Waals surface area contributed by atoms with Crippen LogP contribution < -0.4 is 16.5 Å². The number of nitrogens with zero attached hydrogens (tertiary/aromatic N) is 4. The maximum absolute atomic E-state index is 15.2. The first-order valence-corrected chi connectivity index (χ1v) is 11.2. The molecule has 15 heteroatoms. The number of aromatic nitrogens is 3. The zero-order valence-electron chi connectivity index (χ0n) is 20.1. The lowest BCUT2D eigenvalue weighted by atomic mass is 9.93. The Bertz CT molecular complexity index is 1560. The third-order valence-electron chi connectivity index (χ3n) is 5.95. The maximum atomic E-state index is 15.2. The summed E-state index contributed by atoms with van der Waals surface area (Å²) in [5, 5.41) is 4.07. The van der Waals surface area contributed by atoms with Crippen molar-refractivity contribution in [2.75, 3.05) is 11.6 Å². The Morgan fingerprint density at radius 1 is 1.13 bits per heavy atom. The number of rotatable bonds is 6. The second kappa shape index (κ2) is 10.4. The number of alkyl halides is 3. The van der Waals surface area contributed by atoms with Crippen molar-refractivity contribution in [2.45, 2.75) is 32.5 Å². The lowest BCUT2D eigenvalue weighted by Crippen LogP contribution is -2.41. The van der Waals surface area contributed by atoms with E-state index in [-0.39, 0.29) is 35.3 Å². The molecule has 39 heavy (non-hydrogen) atoms. The van der Waals surface area contributed by atoms with E-state index in [1.54, 1.807) is 0 Å². The molecule has 1 aromatic heterocycles. The van der Waals surface area contributed by atoms with E-state index in [0.29, 0.717) is 16.2 Å². The Kier molecular flexibility index (Phi) is 7.37. The van der Waals surface area contributed by atoms with Gasteiger partial charge in [0.1, 0.15) is 12.1 Å². The Morgan fingerprint density at radius 2 is 1.85 bits per heavy atom. The van der Waals surface area contributed by atoms with Gasteiger partial charge in [-0.3, -0.25) is 4.79 Å². The van der Waals surface area contributed by atoms with Gasteiger partial charge >= 0.3 is 17.8 Å². The molecular formula is C24H19F6N5O4. The molecule has 206 valence electrons. The minimum atomic E-state index is -5.32. The van der Waals surface area contributed by atoms with E-state index in [9.17, 15) is 36.3 Å². The van der Waals surface area contributed by atoms with Crippen LogP contribution in [-0.2, 0) is 27.4 Å². The molecule has 0 spiro atoms. The third kappa shape index (κ3) is 5.43. The average Bonchev–Trinajstić information content (AvgIpc) is 3.22. The van der Waals surface area contributed by atoms with Gasteiger partial charge in [-0.2, -0.15) is 27.1 Å². The van der Waals surface area contributed by atoms with Gasteiger partial charge in [0.05, 0.1) is 17.9 Å². The molecule has 3 aromatic rings. The first-order chi connectivity index (χ1) is 18.3. The highest BCUT2D eigenvalue weighted by molar-refractivity contribution is 5.98. The second-order valence-electron chi connectivity index (χ2n) is 8.54. The van der Waals surface area contributed by atoms with Crippen LogP contribution in [0.4, 0.5) is 32.0 Å². The molecule has 1 amide bonds. The normalized spacial score (nSPS) is 13.3. The zero-order valence-corrected chi connectivity index (χ0v) is 20.1.